The van der Waals surface area contributed by atoms with Crippen LogP contribution in [-0.2, 0) is 6.18 Å². The normalized spacial score (nSPS) is 11.6. The number of nitrogens with zero attached hydrogens (tertiary/aromatic N) is 3. The van der Waals surface area contributed by atoms with E-state index >= 15 is 0 Å². The number of rotatable bonds is 6. The number of hydrogen-bond acceptors (Lipinski definition) is 6. The second-order valence-corrected chi connectivity index (χ2v) is 7.43. The van der Waals surface area contributed by atoms with Crippen molar-refractivity contribution >= 4 is 29.8 Å². The third-order valence-electron chi connectivity index (χ3n) is 4.93. The molecule has 1 atom stereocenters. The summed E-state index contributed by atoms with van der Waals surface area (Å²) in [5.74, 6) is -0.438. The highest BCUT2D eigenvalue weighted by Crippen LogP contribution is 2.37. The number of urea groups is 1. The molecule has 9 nitrogen and oxygen atoms in total. The molecule has 0 radical (unpaired) electrons. The van der Waals surface area contributed by atoms with Gasteiger partial charge in [0.1, 0.15) is 5.75 Å². The number of halogens is 4. The van der Waals surface area contributed by atoms with Crippen molar-refractivity contribution in [2.24, 2.45) is 0 Å². The number of amides is 2. The Balaban J connectivity index is 0.00000456. The quantitative estimate of drug-likeness (QED) is 0.405. The van der Waals surface area contributed by atoms with E-state index in [1.807, 2.05) is 0 Å². The number of H-pyrrole nitrogens is 1. The third kappa shape index (κ3) is 6.51. The average molecular weight is 523 g/mol. The van der Waals surface area contributed by atoms with Gasteiger partial charge in [0.2, 0.25) is 0 Å². The number of hydrogen-bond donors (Lipinski definition) is 3. The fourth-order valence-corrected chi connectivity index (χ4v) is 3.23. The van der Waals surface area contributed by atoms with Crippen molar-refractivity contribution in [3.8, 4) is 23.2 Å². The van der Waals surface area contributed by atoms with E-state index in [1.54, 1.807) is 19.9 Å². The molecule has 0 spiro atoms. The van der Waals surface area contributed by atoms with Crippen LogP contribution >= 0.6 is 12.4 Å². The summed E-state index contributed by atoms with van der Waals surface area (Å²) in [4.78, 5) is 35.1. The molecule has 190 valence electrons. The molecule has 3 aromatic rings. The van der Waals surface area contributed by atoms with Crippen molar-refractivity contribution in [2.45, 2.75) is 32.9 Å². The number of anilines is 2. The number of nitriles is 1. The number of pyridine rings is 1. The predicted octanol–water partition coefficient (Wildman–Crippen LogP) is 5.25. The van der Waals surface area contributed by atoms with Gasteiger partial charge in [0.25, 0.3) is 5.56 Å². The molecule has 0 aliphatic rings. The first kappa shape index (κ1) is 28.1. The fraction of sp³-hybridized carbons (Fsp3) is 0.261. The van der Waals surface area contributed by atoms with Gasteiger partial charge >= 0.3 is 12.2 Å². The Morgan fingerprint density at radius 1 is 1.28 bits per heavy atom. The molecule has 0 bridgehead atoms. The molecule has 3 rings (SSSR count). The first-order valence-corrected chi connectivity index (χ1v) is 10.4. The summed E-state index contributed by atoms with van der Waals surface area (Å²) >= 11 is 0. The zero-order chi connectivity index (χ0) is 25.8. The van der Waals surface area contributed by atoms with Gasteiger partial charge in [-0.3, -0.25) is 4.79 Å². The van der Waals surface area contributed by atoms with Crippen molar-refractivity contribution < 1.29 is 22.7 Å². The lowest BCUT2D eigenvalue weighted by molar-refractivity contribution is -0.138. The van der Waals surface area contributed by atoms with Gasteiger partial charge in [-0.15, -0.1) is 12.4 Å². The highest BCUT2D eigenvalue weighted by atomic mass is 35.5. The molecular formula is C23H22ClF3N6O3. The van der Waals surface area contributed by atoms with E-state index in [9.17, 15) is 22.8 Å². The van der Waals surface area contributed by atoms with E-state index in [0.29, 0.717) is 23.6 Å². The monoisotopic (exact) mass is 522 g/mol. The van der Waals surface area contributed by atoms with Crippen LogP contribution < -0.4 is 20.9 Å². The molecule has 0 saturated carbocycles. The van der Waals surface area contributed by atoms with Gasteiger partial charge < -0.3 is 20.4 Å². The lowest BCUT2D eigenvalue weighted by Crippen LogP contribution is -2.21. The fourth-order valence-electron chi connectivity index (χ4n) is 3.23. The number of carbonyl (C=O) groups is 1. The summed E-state index contributed by atoms with van der Waals surface area (Å²) < 4.78 is 45.8. The number of ether oxygens (including phenoxy) is 1. The molecule has 1 aromatic carbocycles. The van der Waals surface area contributed by atoms with Crippen LogP contribution in [0.15, 0.2) is 41.5 Å². The van der Waals surface area contributed by atoms with E-state index in [4.69, 9.17) is 10.00 Å². The summed E-state index contributed by atoms with van der Waals surface area (Å²) in [7, 11) is 0. The largest absolute Gasteiger partial charge is 0.493 e. The Labute approximate surface area is 210 Å². The molecule has 0 saturated heterocycles. The molecule has 2 amide bonds. The first-order chi connectivity index (χ1) is 16.5. The first-order valence-electron chi connectivity index (χ1n) is 10.4. The number of aromatic amines is 1. The Morgan fingerprint density at radius 3 is 2.61 bits per heavy atom. The maximum Gasteiger partial charge on any atom is 0.416 e. The summed E-state index contributed by atoms with van der Waals surface area (Å²) in [6, 6.07) is 5.48. The van der Waals surface area contributed by atoms with E-state index in [1.165, 1.54) is 31.5 Å². The summed E-state index contributed by atoms with van der Waals surface area (Å²) in [6.07, 6.45) is -1.95. The van der Waals surface area contributed by atoms with Crippen LogP contribution in [0.1, 0.15) is 36.6 Å². The van der Waals surface area contributed by atoms with Crippen LogP contribution in [0.25, 0.3) is 11.4 Å². The Kier molecular flexibility index (Phi) is 9.02. The van der Waals surface area contributed by atoms with E-state index in [-0.39, 0.29) is 40.7 Å². The highest BCUT2D eigenvalue weighted by molar-refractivity contribution is 6.00. The standard InChI is InChI=1S/C23H21F3N6O3.ClH/c1-4-35-19-8-20(33)28-10-16(19)21-29-11-18(13(3)30-21)32-22(34)31-14-5-6-15(12(2)9-27)17(7-14)23(24,25)26;/h5-8,10-12H,4H2,1-3H3,(H,28,33)(H2,31,32,34);1H. The Bertz CT molecular complexity index is 1350. The van der Waals surface area contributed by atoms with Crippen LogP contribution in [0.3, 0.4) is 0 Å². The Hall–Kier alpha value is -4.11. The highest BCUT2D eigenvalue weighted by Gasteiger charge is 2.35. The SMILES string of the molecule is CCOc1cc(=O)[nH]cc1-c1ncc(NC(=O)Nc2ccc(C(C)C#N)c(C(F)(F)F)c2)c(C)n1.Cl. The van der Waals surface area contributed by atoms with Crippen molar-refractivity contribution in [3.63, 3.8) is 0 Å². The molecule has 3 N–H and O–H groups in total. The van der Waals surface area contributed by atoms with Gasteiger partial charge in [-0.05, 0) is 38.5 Å². The zero-order valence-corrected chi connectivity index (χ0v) is 20.2. The third-order valence-corrected chi connectivity index (χ3v) is 4.93. The van der Waals surface area contributed by atoms with Crippen LogP contribution in [0, 0.1) is 18.3 Å². The summed E-state index contributed by atoms with van der Waals surface area (Å²) in [5, 5.41) is 13.8. The lowest BCUT2D eigenvalue weighted by Gasteiger charge is -2.16. The molecule has 0 aliphatic heterocycles. The molecule has 2 heterocycles. The van der Waals surface area contributed by atoms with Crippen molar-refractivity contribution in [1.82, 2.24) is 15.0 Å². The van der Waals surface area contributed by atoms with Crippen molar-refractivity contribution in [1.29, 1.82) is 5.26 Å². The zero-order valence-electron chi connectivity index (χ0n) is 19.4. The second kappa shape index (κ2) is 11.5. The van der Waals surface area contributed by atoms with E-state index in [0.717, 1.165) is 12.1 Å². The molecule has 36 heavy (non-hydrogen) atoms. The molecule has 0 fully saturated rings. The van der Waals surface area contributed by atoms with Gasteiger partial charge in [-0.2, -0.15) is 18.4 Å². The average Bonchev–Trinajstić information content (AvgIpc) is 2.79. The van der Waals surface area contributed by atoms with Crippen LogP contribution in [0.5, 0.6) is 5.75 Å². The summed E-state index contributed by atoms with van der Waals surface area (Å²) in [6.45, 7) is 5.05. The van der Waals surface area contributed by atoms with Crippen molar-refractivity contribution in [3.05, 3.63) is 63.8 Å². The predicted molar refractivity (Wildman–Crippen MR) is 129 cm³/mol. The summed E-state index contributed by atoms with van der Waals surface area (Å²) in [5.41, 5.74) is -0.607. The van der Waals surface area contributed by atoms with Crippen molar-refractivity contribution in [2.75, 3.05) is 17.2 Å². The second-order valence-electron chi connectivity index (χ2n) is 7.43. The van der Waals surface area contributed by atoms with Gasteiger partial charge in [-0.25, -0.2) is 14.8 Å². The topological polar surface area (TPSA) is 133 Å². The number of benzene rings is 1. The van der Waals surface area contributed by atoms with Gasteiger partial charge in [0, 0.05) is 18.0 Å². The smallest absolute Gasteiger partial charge is 0.416 e. The van der Waals surface area contributed by atoms with Gasteiger partial charge in [0.15, 0.2) is 5.82 Å². The minimum absolute atomic E-state index is 0. The van der Waals surface area contributed by atoms with Gasteiger partial charge in [0.05, 0.1) is 47.3 Å². The van der Waals surface area contributed by atoms with Crippen LogP contribution in [-0.4, -0.2) is 27.6 Å². The minimum atomic E-state index is -4.70. The van der Waals surface area contributed by atoms with Gasteiger partial charge in [-0.1, -0.05) is 6.07 Å². The number of nitrogens with one attached hydrogen (secondary N) is 3. The minimum Gasteiger partial charge on any atom is -0.493 e. The lowest BCUT2D eigenvalue weighted by atomic mass is 9.96. The van der Waals surface area contributed by atoms with E-state index < -0.39 is 23.7 Å². The van der Waals surface area contributed by atoms with Crippen LogP contribution in [0.2, 0.25) is 0 Å². The molecule has 1 unspecified atom stereocenters. The van der Waals surface area contributed by atoms with Crippen LogP contribution in [0.4, 0.5) is 29.3 Å². The molecule has 0 aliphatic carbocycles. The number of aromatic nitrogens is 3. The number of aryl methyl sites for hydroxylation is 1. The maximum atomic E-state index is 13.5. The molecule has 2 aromatic heterocycles. The van der Waals surface area contributed by atoms with E-state index in [2.05, 4.69) is 25.6 Å². The molecular weight excluding hydrogens is 501 g/mol. The maximum absolute atomic E-state index is 13.5. The molecule has 13 heteroatoms. The number of carbonyl (C=O) groups excluding carboxylic acids is 1. The number of alkyl halides is 3. The Morgan fingerprint density at radius 2 is 2.00 bits per heavy atom.